The van der Waals surface area contributed by atoms with Gasteiger partial charge in [0.1, 0.15) is 15.7 Å². The Morgan fingerprint density at radius 1 is 1.07 bits per heavy atom. The SMILES string of the molecule is CCCS(=O)(=O)CCCCc1ccc2c(c1)C(Cc1cccc(F)c1)C(N)CC2.Cl. The van der Waals surface area contributed by atoms with Crippen molar-refractivity contribution < 1.29 is 12.8 Å². The molecular formula is C24H33ClFNO2S. The highest BCUT2D eigenvalue weighted by Crippen LogP contribution is 2.34. The molecule has 1 aliphatic rings. The summed E-state index contributed by atoms with van der Waals surface area (Å²) in [6.07, 6.45) is 5.78. The lowest BCUT2D eigenvalue weighted by atomic mass is 9.76. The molecule has 2 aromatic rings. The number of benzene rings is 2. The van der Waals surface area contributed by atoms with E-state index in [1.165, 1.54) is 22.8 Å². The van der Waals surface area contributed by atoms with Gasteiger partial charge in [-0.3, -0.25) is 0 Å². The molecule has 0 saturated carbocycles. The van der Waals surface area contributed by atoms with Gasteiger partial charge in [-0.1, -0.05) is 37.3 Å². The molecule has 30 heavy (non-hydrogen) atoms. The second-order valence-electron chi connectivity index (χ2n) is 8.29. The molecule has 0 amide bonds. The molecule has 6 heteroatoms. The average Bonchev–Trinajstić information content (AvgIpc) is 2.67. The van der Waals surface area contributed by atoms with Crippen LogP contribution in [0.5, 0.6) is 0 Å². The molecule has 166 valence electrons. The number of hydrogen-bond acceptors (Lipinski definition) is 3. The molecule has 1 aliphatic carbocycles. The molecule has 0 aliphatic heterocycles. The fraction of sp³-hybridized carbons (Fsp3) is 0.500. The summed E-state index contributed by atoms with van der Waals surface area (Å²) in [4.78, 5) is 0. The summed E-state index contributed by atoms with van der Waals surface area (Å²) in [7, 11) is -2.90. The van der Waals surface area contributed by atoms with Gasteiger partial charge in [0.15, 0.2) is 0 Å². The van der Waals surface area contributed by atoms with Crippen LogP contribution in [0.3, 0.4) is 0 Å². The summed E-state index contributed by atoms with van der Waals surface area (Å²) >= 11 is 0. The van der Waals surface area contributed by atoms with E-state index in [0.29, 0.717) is 12.8 Å². The van der Waals surface area contributed by atoms with Crippen LogP contribution in [0.15, 0.2) is 42.5 Å². The van der Waals surface area contributed by atoms with Crippen molar-refractivity contribution in [2.24, 2.45) is 5.73 Å². The fourth-order valence-electron chi connectivity index (χ4n) is 4.37. The third kappa shape index (κ3) is 6.79. The van der Waals surface area contributed by atoms with Crippen molar-refractivity contribution in [1.29, 1.82) is 0 Å². The highest BCUT2D eigenvalue weighted by atomic mass is 35.5. The van der Waals surface area contributed by atoms with E-state index in [1.807, 2.05) is 13.0 Å². The van der Waals surface area contributed by atoms with E-state index in [4.69, 9.17) is 5.73 Å². The molecule has 0 heterocycles. The lowest BCUT2D eigenvalue weighted by Crippen LogP contribution is -2.34. The van der Waals surface area contributed by atoms with Gasteiger partial charge in [-0.05, 0) is 79.3 Å². The first-order chi connectivity index (χ1) is 13.9. The fourth-order valence-corrected chi connectivity index (χ4v) is 5.84. The highest BCUT2D eigenvalue weighted by molar-refractivity contribution is 7.91. The predicted molar refractivity (Wildman–Crippen MR) is 125 cm³/mol. The van der Waals surface area contributed by atoms with Crippen LogP contribution in [0.2, 0.25) is 0 Å². The van der Waals surface area contributed by atoms with Crippen LogP contribution in [0.25, 0.3) is 0 Å². The van der Waals surface area contributed by atoms with Crippen LogP contribution >= 0.6 is 12.4 Å². The third-order valence-electron chi connectivity index (χ3n) is 5.90. The molecule has 3 nitrogen and oxygen atoms in total. The van der Waals surface area contributed by atoms with Crippen LogP contribution in [-0.2, 0) is 29.1 Å². The Labute approximate surface area is 186 Å². The number of nitrogens with two attached hydrogens (primary N) is 1. The van der Waals surface area contributed by atoms with Gasteiger partial charge in [0.2, 0.25) is 0 Å². The van der Waals surface area contributed by atoms with Gasteiger partial charge in [-0.25, -0.2) is 12.8 Å². The number of rotatable bonds is 9. The first kappa shape index (κ1) is 24.8. The van der Waals surface area contributed by atoms with E-state index >= 15 is 0 Å². The van der Waals surface area contributed by atoms with E-state index < -0.39 is 9.84 Å². The first-order valence-corrected chi connectivity index (χ1v) is 12.5. The Morgan fingerprint density at radius 3 is 2.60 bits per heavy atom. The van der Waals surface area contributed by atoms with Crippen molar-refractivity contribution in [1.82, 2.24) is 0 Å². The molecule has 2 atom stereocenters. The summed E-state index contributed by atoms with van der Waals surface area (Å²) in [5.41, 5.74) is 11.3. The smallest absolute Gasteiger partial charge is 0.150 e. The minimum Gasteiger partial charge on any atom is -0.327 e. The molecule has 2 unspecified atom stereocenters. The van der Waals surface area contributed by atoms with Crippen molar-refractivity contribution >= 4 is 22.2 Å². The number of hydrogen-bond donors (Lipinski definition) is 1. The van der Waals surface area contributed by atoms with Crippen molar-refractivity contribution in [3.8, 4) is 0 Å². The van der Waals surface area contributed by atoms with Gasteiger partial charge in [0.05, 0.1) is 5.75 Å². The summed E-state index contributed by atoms with van der Waals surface area (Å²) in [5, 5.41) is 0. The number of aryl methyl sites for hydroxylation is 2. The summed E-state index contributed by atoms with van der Waals surface area (Å²) in [5.74, 6) is 0.536. The zero-order valence-corrected chi connectivity index (χ0v) is 19.3. The summed E-state index contributed by atoms with van der Waals surface area (Å²) in [6.45, 7) is 1.90. The standard InChI is InChI=1S/C24H32FNO2S.ClH/c1-2-13-29(27,28)14-4-3-6-18-9-10-20-11-12-24(26)23(22(20)16-18)17-19-7-5-8-21(25)15-19;/h5,7-10,15-16,23-24H,2-4,6,11-14,17,26H2,1H3;1H. The van der Waals surface area contributed by atoms with Crippen LogP contribution in [0.4, 0.5) is 4.39 Å². The zero-order valence-electron chi connectivity index (χ0n) is 17.6. The molecule has 3 rings (SSSR count). The average molecular weight is 454 g/mol. The maximum atomic E-state index is 13.6. The minimum absolute atomic E-state index is 0. The molecule has 0 bridgehead atoms. The van der Waals surface area contributed by atoms with E-state index in [1.54, 1.807) is 12.1 Å². The Bertz CT molecular complexity index is 933. The molecule has 0 saturated heterocycles. The second-order valence-corrected chi connectivity index (χ2v) is 10.6. The van der Waals surface area contributed by atoms with Gasteiger partial charge in [0, 0.05) is 17.7 Å². The second kappa shape index (κ2) is 11.3. The van der Waals surface area contributed by atoms with Crippen molar-refractivity contribution in [2.45, 2.75) is 63.8 Å². The van der Waals surface area contributed by atoms with E-state index in [9.17, 15) is 12.8 Å². The monoisotopic (exact) mass is 453 g/mol. The molecular weight excluding hydrogens is 421 g/mol. The Balaban J connectivity index is 0.00000320. The van der Waals surface area contributed by atoms with Crippen molar-refractivity contribution in [3.63, 3.8) is 0 Å². The normalized spacial score (nSPS) is 18.5. The zero-order chi connectivity index (χ0) is 20.9. The van der Waals surface area contributed by atoms with Gasteiger partial charge in [-0.15, -0.1) is 12.4 Å². The molecule has 0 fully saturated rings. The number of sulfone groups is 1. The topological polar surface area (TPSA) is 60.2 Å². The van der Waals surface area contributed by atoms with Crippen molar-refractivity contribution in [3.05, 3.63) is 70.5 Å². The number of unbranched alkanes of at least 4 members (excludes halogenated alkanes) is 1. The van der Waals surface area contributed by atoms with Crippen LogP contribution in [-0.4, -0.2) is 26.0 Å². The van der Waals surface area contributed by atoms with Crippen LogP contribution in [0.1, 0.15) is 60.8 Å². The molecule has 0 spiro atoms. The Morgan fingerprint density at radius 2 is 1.87 bits per heavy atom. The van der Waals surface area contributed by atoms with Crippen LogP contribution in [0, 0.1) is 5.82 Å². The maximum absolute atomic E-state index is 13.6. The first-order valence-electron chi connectivity index (χ1n) is 10.7. The summed E-state index contributed by atoms with van der Waals surface area (Å²) in [6, 6.07) is 13.5. The number of halogens is 2. The Kier molecular flexibility index (Phi) is 9.32. The number of fused-ring (bicyclic) bond motifs is 1. The van der Waals surface area contributed by atoms with E-state index in [-0.39, 0.29) is 41.7 Å². The molecule has 0 aromatic heterocycles. The maximum Gasteiger partial charge on any atom is 0.150 e. The van der Waals surface area contributed by atoms with E-state index in [0.717, 1.165) is 37.7 Å². The van der Waals surface area contributed by atoms with Gasteiger partial charge < -0.3 is 5.73 Å². The molecule has 0 radical (unpaired) electrons. The lowest BCUT2D eigenvalue weighted by molar-refractivity contribution is 0.466. The quantitative estimate of drug-likeness (QED) is 0.544. The lowest BCUT2D eigenvalue weighted by Gasteiger charge is -2.32. The third-order valence-corrected chi connectivity index (χ3v) is 7.85. The Hall–Kier alpha value is -1.43. The van der Waals surface area contributed by atoms with Gasteiger partial charge >= 0.3 is 0 Å². The molecule has 2 aromatic carbocycles. The summed E-state index contributed by atoms with van der Waals surface area (Å²) < 4.78 is 37.3. The van der Waals surface area contributed by atoms with Crippen LogP contribution < -0.4 is 5.73 Å². The van der Waals surface area contributed by atoms with Gasteiger partial charge in [0.25, 0.3) is 0 Å². The predicted octanol–water partition coefficient (Wildman–Crippen LogP) is 4.99. The largest absolute Gasteiger partial charge is 0.327 e. The molecule has 2 N–H and O–H groups in total. The van der Waals surface area contributed by atoms with Crippen molar-refractivity contribution in [2.75, 3.05) is 11.5 Å². The highest BCUT2D eigenvalue weighted by Gasteiger charge is 2.27. The minimum atomic E-state index is -2.90. The van der Waals surface area contributed by atoms with Gasteiger partial charge in [-0.2, -0.15) is 0 Å². The van der Waals surface area contributed by atoms with E-state index in [2.05, 4.69) is 18.2 Å².